The monoisotopic (exact) mass is 546 g/mol. The van der Waals surface area contributed by atoms with Gasteiger partial charge in [-0.2, -0.15) is 0 Å². The molecule has 1 amide bonds. The topological polar surface area (TPSA) is 68.3 Å². The van der Waals surface area contributed by atoms with Gasteiger partial charge in [0.25, 0.3) is 5.91 Å². The summed E-state index contributed by atoms with van der Waals surface area (Å²) in [7, 11) is 0. The van der Waals surface area contributed by atoms with Crippen molar-refractivity contribution >= 4 is 50.7 Å². The van der Waals surface area contributed by atoms with E-state index >= 15 is 0 Å². The fourth-order valence-corrected chi connectivity index (χ4v) is 6.57. The minimum absolute atomic E-state index is 0.170. The number of fused-ring (bicyclic) bond motifs is 2. The summed E-state index contributed by atoms with van der Waals surface area (Å²) in [5.41, 5.74) is 4.44. The lowest BCUT2D eigenvalue weighted by molar-refractivity contribution is 0.0526. The Labute approximate surface area is 232 Å². The molecule has 0 radical (unpaired) electrons. The molecular formula is C31H31ClN2O3S. The third-order valence-electron chi connectivity index (χ3n) is 7.30. The van der Waals surface area contributed by atoms with Gasteiger partial charge in [0.15, 0.2) is 0 Å². The first-order valence-corrected chi connectivity index (χ1v) is 14.1. The van der Waals surface area contributed by atoms with E-state index in [1.807, 2.05) is 36.4 Å². The number of anilines is 1. The van der Waals surface area contributed by atoms with Crippen molar-refractivity contribution in [1.82, 2.24) is 4.98 Å². The van der Waals surface area contributed by atoms with Crippen LogP contribution in [-0.2, 0) is 17.6 Å². The van der Waals surface area contributed by atoms with Gasteiger partial charge in [-0.1, -0.05) is 62.7 Å². The second-order valence-electron chi connectivity index (χ2n) is 10.8. The third-order valence-corrected chi connectivity index (χ3v) is 8.72. The average Bonchev–Trinajstić information content (AvgIpc) is 3.25. The molecule has 2 heterocycles. The first-order chi connectivity index (χ1) is 18.2. The highest BCUT2D eigenvalue weighted by Gasteiger charge is 2.34. The maximum absolute atomic E-state index is 13.8. The van der Waals surface area contributed by atoms with Crippen LogP contribution in [0.3, 0.4) is 0 Å². The molecule has 1 unspecified atom stereocenters. The van der Waals surface area contributed by atoms with Gasteiger partial charge in [-0.25, -0.2) is 9.78 Å². The third kappa shape index (κ3) is 5.20. The Morgan fingerprint density at radius 2 is 1.87 bits per heavy atom. The maximum Gasteiger partial charge on any atom is 0.341 e. The first-order valence-electron chi connectivity index (χ1n) is 12.9. The number of aromatic nitrogens is 1. The van der Waals surface area contributed by atoms with Crippen LogP contribution in [0.25, 0.3) is 22.2 Å². The number of thiophene rings is 1. The van der Waals surface area contributed by atoms with Gasteiger partial charge < -0.3 is 10.1 Å². The molecule has 1 aliphatic rings. The highest BCUT2D eigenvalue weighted by Crippen LogP contribution is 2.44. The number of para-hydroxylation sites is 1. The van der Waals surface area contributed by atoms with E-state index in [9.17, 15) is 9.59 Å². The number of halogens is 1. The van der Waals surface area contributed by atoms with Gasteiger partial charge in [-0.15, -0.1) is 11.3 Å². The predicted molar refractivity (Wildman–Crippen MR) is 155 cm³/mol. The normalized spacial score (nSPS) is 15.2. The Kier molecular flexibility index (Phi) is 7.30. The van der Waals surface area contributed by atoms with Gasteiger partial charge in [0.05, 0.1) is 28.9 Å². The molecule has 0 spiro atoms. The van der Waals surface area contributed by atoms with Crippen LogP contribution >= 0.6 is 22.9 Å². The summed E-state index contributed by atoms with van der Waals surface area (Å²) in [6, 6.07) is 16.8. The van der Waals surface area contributed by atoms with E-state index in [1.165, 1.54) is 11.3 Å². The summed E-state index contributed by atoms with van der Waals surface area (Å²) < 4.78 is 5.43. The molecule has 2 aromatic heterocycles. The number of pyridine rings is 1. The van der Waals surface area contributed by atoms with Crippen LogP contribution < -0.4 is 5.32 Å². The second-order valence-corrected chi connectivity index (χ2v) is 12.3. The van der Waals surface area contributed by atoms with E-state index in [-0.39, 0.29) is 23.9 Å². The van der Waals surface area contributed by atoms with Crippen molar-refractivity contribution in [2.75, 3.05) is 11.9 Å². The van der Waals surface area contributed by atoms with Crippen LogP contribution in [0.15, 0.2) is 54.6 Å². The molecule has 1 atom stereocenters. The minimum atomic E-state index is -0.379. The van der Waals surface area contributed by atoms with Crippen LogP contribution in [0.1, 0.15) is 65.3 Å². The SMILES string of the molecule is CCOC(=O)c1c(NC(=O)c2cc(-c3ccc(Cl)cc3)nc3ccccc23)sc2c1CCC(C(C)(C)C)C2. The van der Waals surface area contributed by atoms with Crippen molar-refractivity contribution in [2.24, 2.45) is 11.3 Å². The molecule has 5 rings (SSSR count). The lowest BCUT2D eigenvalue weighted by Crippen LogP contribution is -2.26. The van der Waals surface area contributed by atoms with E-state index < -0.39 is 0 Å². The van der Waals surface area contributed by atoms with Crippen LogP contribution in [0.5, 0.6) is 0 Å². The zero-order valence-electron chi connectivity index (χ0n) is 22.1. The lowest BCUT2D eigenvalue weighted by atomic mass is 9.72. The summed E-state index contributed by atoms with van der Waals surface area (Å²) in [6.45, 7) is 8.86. The van der Waals surface area contributed by atoms with Gasteiger partial charge in [-0.05, 0) is 67.3 Å². The van der Waals surface area contributed by atoms with Gasteiger partial charge in [-0.3, -0.25) is 4.79 Å². The van der Waals surface area contributed by atoms with E-state index in [1.54, 1.807) is 25.1 Å². The highest BCUT2D eigenvalue weighted by atomic mass is 35.5. The number of amides is 1. The van der Waals surface area contributed by atoms with E-state index in [0.29, 0.717) is 38.3 Å². The standard InChI is InChI=1S/C31H31ClN2O3S/c1-5-37-30(36)27-22-15-12-19(31(2,3)4)16-26(22)38-29(27)34-28(35)23-17-25(18-10-13-20(32)14-11-18)33-24-9-7-6-8-21(23)24/h6-11,13-14,17,19H,5,12,15-16H2,1-4H3,(H,34,35). The quantitative estimate of drug-likeness (QED) is 0.256. The summed E-state index contributed by atoms with van der Waals surface area (Å²) in [4.78, 5) is 32.9. The Hall–Kier alpha value is -3.22. The van der Waals surface area contributed by atoms with E-state index in [2.05, 4.69) is 26.1 Å². The van der Waals surface area contributed by atoms with Crippen LogP contribution in [0.2, 0.25) is 5.02 Å². The summed E-state index contributed by atoms with van der Waals surface area (Å²) in [6.07, 6.45) is 2.70. The molecule has 0 saturated heterocycles. The Morgan fingerprint density at radius 3 is 2.58 bits per heavy atom. The zero-order chi connectivity index (χ0) is 27.0. The van der Waals surface area contributed by atoms with E-state index in [0.717, 1.165) is 40.7 Å². The molecule has 7 heteroatoms. The van der Waals surface area contributed by atoms with Gasteiger partial charge in [0.1, 0.15) is 5.00 Å². The number of hydrogen-bond acceptors (Lipinski definition) is 5. The molecule has 196 valence electrons. The molecule has 38 heavy (non-hydrogen) atoms. The number of nitrogens with one attached hydrogen (secondary N) is 1. The Morgan fingerprint density at radius 1 is 1.13 bits per heavy atom. The molecule has 0 fully saturated rings. The molecule has 0 saturated carbocycles. The lowest BCUT2D eigenvalue weighted by Gasteiger charge is -2.33. The minimum Gasteiger partial charge on any atom is -0.462 e. The summed E-state index contributed by atoms with van der Waals surface area (Å²) in [5, 5.41) is 5.02. The predicted octanol–water partition coefficient (Wildman–Crippen LogP) is 8.20. The fourth-order valence-electron chi connectivity index (χ4n) is 5.13. The molecule has 1 N–H and O–H groups in total. The number of carbonyl (C=O) groups excluding carboxylic acids is 2. The van der Waals surface area contributed by atoms with E-state index in [4.69, 9.17) is 21.3 Å². The Balaban J connectivity index is 1.56. The maximum atomic E-state index is 13.8. The zero-order valence-corrected chi connectivity index (χ0v) is 23.6. The largest absolute Gasteiger partial charge is 0.462 e. The molecule has 0 aliphatic heterocycles. The number of carbonyl (C=O) groups is 2. The summed E-state index contributed by atoms with van der Waals surface area (Å²) >= 11 is 7.59. The highest BCUT2D eigenvalue weighted by molar-refractivity contribution is 7.17. The number of rotatable bonds is 5. The van der Waals surface area contributed by atoms with Gasteiger partial charge in [0.2, 0.25) is 0 Å². The van der Waals surface area contributed by atoms with Crippen molar-refractivity contribution in [3.05, 3.63) is 81.2 Å². The smallest absolute Gasteiger partial charge is 0.341 e. The molecule has 4 aromatic rings. The van der Waals surface area contributed by atoms with Crippen molar-refractivity contribution in [1.29, 1.82) is 0 Å². The fraction of sp³-hybridized carbons (Fsp3) is 0.323. The molecular weight excluding hydrogens is 516 g/mol. The van der Waals surface area contributed by atoms with Gasteiger partial charge in [0, 0.05) is 20.8 Å². The summed E-state index contributed by atoms with van der Waals surface area (Å²) in [5.74, 6) is -0.149. The van der Waals surface area contributed by atoms with Crippen LogP contribution in [-0.4, -0.2) is 23.5 Å². The Bertz CT molecular complexity index is 1520. The average molecular weight is 547 g/mol. The van der Waals surface area contributed by atoms with Crippen molar-refractivity contribution < 1.29 is 14.3 Å². The first kappa shape index (κ1) is 26.4. The van der Waals surface area contributed by atoms with Crippen molar-refractivity contribution in [2.45, 2.75) is 47.0 Å². The second kappa shape index (κ2) is 10.5. The molecule has 2 aromatic carbocycles. The molecule has 0 bridgehead atoms. The number of benzene rings is 2. The number of nitrogens with zero attached hydrogens (tertiary/aromatic N) is 1. The van der Waals surface area contributed by atoms with Crippen molar-refractivity contribution in [3.8, 4) is 11.3 Å². The van der Waals surface area contributed by atoms with Crippen LogP contribution in [0, 0.1) is 11.3 Å². The number of hydrogen-bond donors (Lipinski definition) is 1. The van der Waals surface area contributed by atoms with Gasteiger partial charge >= 0.3 is 5.97 Å². The van der Waals surface area contributed by atoms with Crippen molar-refractivity contribution in [3.63, 3.8) is 0 Å². The molecule has 1 aliphatic carbocycles. The van der Waals surface area contributed by atoms with Crippen LogP contribution in [0.4, 0.5) is 5.00 Å². The number of esters is 1. The number of ether oxygens (including phenoxy) is 1. The molecule has 5 nitrogen and oxygen atoms in total.